The SMILES string of the molecule is CC(C)CNCCC1(OC/C=C/c2ccccc2)CCC1. The second-order valence-corrected chi connectivity index (χ2v) is 6.51. The highest BCUT2D eigenvalue weighted by atomic mass is 16.5. The molecule has 0 heterocycles. The first-order valence-electron chi connectivity index (χ1n) is 8.26. The number of benzene rings is 1. The third kappa shape index (κ3) is 5.64. The summed E-state index contributed by atoms with van der Waals surface area (Å²) in [5.74, 6) is 0.720. The Balaban J connectivity index is 1.68. The summed E-state index contributed by atoms with van der Waals surface area (Å²) >= 11 is 0. The molecule has 0 unspecified atom stereocenters. The Morgan fingerprint density at radius 1 is 1.24 bits per heavy atom. The second-order valence-electron chi connectivity index (χ2n) is 6.51. The lowest BCUT2D eigenvalue weighted by Gasteiger charge is -2.41. The minimum Gasteiger partial charge on any atom is -0.371 e. The maximum Gasteiger partial charge on any atom is 0.0699 e. The molecule has 0 atom stereocenters. The number of rotatable bonds is 9. The Labute approximate surface area is 129 Å². The van der Waals surface area contributed by atoms with Crippen LogP contribution in [0.3, 0.4) is 0 Å². The quantitative estimate of drug-likeness (QED) is 0.685. The van der Waals surface area contributed by atoms with Crippen LogP contribution in [-0.4, -0.2) is 25.3 Å². The van der Waals surface area contributed by atoms with Crippen molar-refractivity contribution in [2.75, 3.05) is 19.7 Å². The molecule has 1 aliphatic rings. The van der Waals surface area contributed by atoms with E-state index in [1.165, 1.54) is 24.8 Å². The summed E-state index contributed by atoms with van der Waals surface area (Å²) in [7, 11) is 0. The van der Waals surface area contributed by atoms with Gasteiger partial charge in [0.25, 0.3) is 0 Å². The average molecular weight is 287 g/mol. The van der Waals surface area contributed by atoms with Crippen LogP contribution < -0.4 is 5.32 Å². The molecular weight excluding hydrogens is 258 g/mol. The zero-order chi connectivity index (χ0) is 15.0. The normalized spacial score (nSPS) is 17.3. The smallest absolute Gasteiger partial charge is 0.0699 e. The van der Waals surface area contributed by atoms with E-state index in [1.807, 2.05) is 6.07 Å². The topological polar surface area (TPSA) is 21.3 Å². The number of hydrogen-bond acceptors (Lipinski definition) is 2. The Bertz CT molecular complexity index is 420. The van der Waals surface area contributed by atoms with Crippen molar-refractivity contribution in [2.24, 2.45) is 5.92 Å². The fourth-order valence-corrected chi connectivity index (χ4v) is 2.72. The third-order valence-corrected chi connectivity index (χ3v) is 4.17. The van der Waals surface area contributed by atoms with E-state index >= 15 is 0 Å². The summed E-state index contributed by atoms with van der Waals surface area (Å²) in [5, 5.41) is 3.53. The maximum atomic E-state index is 6.17. The van der Waals surface area contributed by atoms with Crippen molar-refractivity contribution < 1.29 is 4.74 Å². The van der Waals surface area contributed by atoms with Crippen LogP contribution in [0.15, 0.2) is 36.4 Å². The fraction of sp³-hybridized carbons (Fsp3) is 0.579. The lowest BCUT2D eigenvalue weighted by atomic mass is 9.77. The van der Waals surface area contributed by atoms with Gasteiger partial charge in [-0.15, -0.1) is 0 Å². The van der Waals surface area contributed by atoms with Gasteiger partial charge in [-0.05, 0) is 50.3 Å². The molecule has 1 fully saturated rings. The van der Waals surface area contributed by atoms with E-state index in [0.717, 1.165) is 32.0 Å². The summed E-state index contributed by atoms with van der Waals surface area (Å²) in [6.07, 6.45) is 9.16. The maximum absolute atomic E-state index is 6.17. The fourth-order valence-electron chi connectivity index (χ4n) is 2.72. The van der Waals surface area contributed by atoms with E-state index in [4.69, 9.17) is 4.74 Å². The lowest BCUT2D eigenvalue weighted by molar-refractivity contribution is -0.0929. The number of nitrogens with one attached hydrogen (secondary N) is 1. The highest BCUT2D eigenvalue weighted by Crippen LogP contribution is 2.38. The first-order chi connectivity index (χ1) is 10.2. The largest absolute Gasteiger partial charge is 0.371 e. The molecule has 1 aromatic carbocycles. The van der Waals surface area contributed by atoms with E-state index in [0.29, 0.717) is 0 Å². The van der Waals surface area contributed by atoms with Gasteiger partial charge >= 0.3 is 0 Å². The Morgan fingerprint density at radius 2 is 2.00 bits per heavy atom. The predicted molar refractivity (Wildman–Crippen MR) is 90.3 cm³/mol. The second kappa shape index (κ2) is 8.35. The van der Waals surface area contributed by atoms with Gasteiger partial charge in [0.1, 0.15) is 0 Å². The minimum absolute atomic E-state index is 0.144. The van der Waals surface area contributed by atoms with E-state index in [2.05, 4.69) is 55.6 Å². The zero-order valence-corrected chi connectivity index (χ0v) is 13.5. The van der Waals surface area contributed by atoms with E-state index < -0.39 is 0 Å². The Morgan fingerprint density at radius 3 is 2.62 bits per heavy atom. The summed E-state index contributed by atoms with van der Waals surface area (Å²) in [4.78, 5) is 0. The molecule has 1 aromatic rings. The van der Waals surface area contributed by atoms with Crippen molar-refractivity contribution in [3.63, 3.8) is 0 Å². The van der Waals surface area contributed by atoms with Gasteiger partial charge in [0.05, 0.1) is 12.2 Å². The van der Waals surface area contributed by atoms with Gasteiger partial charge in [-0.2, -0.15) is 0 Å². The van der Waals surface area contributed by atoms with Crippen molar-refractivity contribution in [1.29, 1.82) is 0 Å². The van der Waals surface area contributed by atoms with Gasteiger partial charge in [-0.25, -0.2) is 0 Å². The van der Waals surface area contributed by atoms with Crippen LogP contribution in [0, 0.1) is 5.92 Å². The first kappa shape index (κ1) is 16.3. The van der Waals surface area contributed by atoms with Crippen molar-refractivity contribution >= 4 is 6.08 Å². The summed E-state index contributed by atoms with van der Waals surface area (Å²) in [5.41, 5.74) is 1.38. The van der Waals surface area contributed by atoms with Crippen LogP contribution in [0.1, 0.15) is 45.1 Å². The molecule has 2 heteroatoms. The lowest BCUT2D eigenvalue weighted by Crippen LogP contribution is -2.43. The van der Waals surface area contributed by atoms with Crippen molar-refractivity contribution in [2.45, 2.75) is 45.1 Å². The summed E-state index contributed by atoms with van der Waals surface area (Å²) < 4.78 is 6.17. The molecule has 2 nitrogen and oxygen atoms in total. The molecule has 0 spiro atoms. The number of hydrogen-bond donors (Lipinski definition) is 1. The molecule has 0 radical (unpaired) electrons. The number of ether oxygens (including phenoxy) is 1. The molecule has 1 N–H and O–H groups in total. The molecule has 0 aromatic heterocycles. The van der Waals surface area contributed by atoms with Crippen molar-refractivity contribution in [1.82, 2.24) is 5.32 Å². The van der Waals surface area contributed by atoms with Crippen LogP contribution in [-0.2, 0) is 4.74 Å². The van der Waals surface area contributed by atoms with Crippen LogP contribution in [0.5, 0.6) is 0 Å². The Hall–Kier alpha value is -1.12. The van der Waals surface area contributed by atoms with Gasteiger partial charge in [0.2, 0.25) is 0 Å². The molecule has 0 saturated heterocycles. The highest BCUT2D eigenvalue weighted by molar-refractivity contribution is 5.48. The van der Waals surface area contributed by atoms with Gasteiger partial charge in [-0.1, -0.05) is 56.3 Å². The van der Waals surface area contributed by atoms with Gasteiger partial charge in [0.15, 0.2) is 0 Å². The molecule has 1 aliphatic carbocycles. The van der Waals surface area contributed by atoms with Crippen LogP contribution in [0.4, 0.5) is 0 Å². The molecule has 0 aliphatic heterocycles. The summed E-state index contributed by atoms with van der Waals surface area (Å²) in [6.45, 7) is 7.39. The zero-order valence-electron chi connectivity index (χ0n) is 13.5. The van der Waals surface area contributed by atoms with Crippen LogP contribution >= 0.6 is 0 Å². The molecule has 0 bridgehead atoms. The van der Waals surface area contributed by atoms with Crippen molar-refractivity contribution in [3.8, 4) is 0 Å². The summed E-state index contributed by atoms with van der Waals surface area (Å²) in [6, 6.07) is 10.4. The molecule has 116 valence electrons. The van der Waals surface area contributed by atoms with Gasteiger partial charge in [0, 0.05) is 0 Å². The van der Waals surface area contributed by atoms with Crippen LogP contribution in [0.2, 0.25) is 0 Å². The minimum atomic E-state index is 0.144. The molecule has 21 heavy (non-hydrogen) atoms. The van der Waals surface area contributed by atoms with E-state index in [-0.39, 0.29) is 5.60 Å². The first-order valence-corrected chi connectivity index (χ1v) is 8.26. The molecule has 1 saturated carbocycles. The third-order valence-electron chi connectivity index (χ3n) is 4.17. The standard InChI is InChI=1S/C19H29NO/c1-17(2)16-20-14-13-19(11-7-12-19)21-15-6-10-18-8-4-3-5-9-18/h3-6,8-10,17,20H,7,11-16H2,1-2H3/b10-6+. The predicted octanol–water partition coefficient (Wildman–Crippen LogP) is 4.27. The van der Waals surface area contributed by atoms with Crippen molar-refractivity contribution in [3.05, 3.63) is 42.0 Å². The average Bonchev–Trinajstić information content (AvgIpc) is 2.45. The van der Waals surface area contributed by atoms with Gasteiger partial charge < -0.3 is 10.1 Å². The molecule has 0 amide bonds. The van der Waals surface area contributed by atoms with E-state index in [9.17, 15) is 0 Å². The molecule has 2 rings (SSSR count). The molecular formula is C19H29NO. The highest BCUT2D eigenvalue weighted by Gasteiger charge is 2.36. The monoisotopic (exact) mass is 287 g/mol. The van der Waals surface area contributed by atoms with Gasteiger partial charge in [-0.3, -0.25) is 0 Å². The van der Waals surface area contributed by atoms with E-state index in [1.54, 1.807) is 0 Å². The van der Waals surface area contributed by atoms with Crippen LogP contribution in [0.25, 0.3) is 6.08 Å². The Kier molecular flexibility index (Phi) is 6.47.